The van der Waals surface area contributed by atoms with Crippen LogP contribution >= 0.6 is 0 Å². The Hall–Kier alpha value is -3.31. The number of hydrogen-bond donors (Lipinski definition) is 1. The van der Waals surface area contributed by atoms with Crippen LogP contribution in [0.15, 0.2) is 85.2 Å². The monoisotopic (exact) mass is 458 g/mol. The van der Waals surface area contributed by atoms with Crippen LogP contribution in [0.25, 0.3) is 5.57 Å². The lowest BCUT2D eigenvalue weighted by Crippen LogP contribution is -2.51. The van der Waals surface area contributed by atoms with Gasteiger partial charge in [-0.05, 0) is 49.1 Å². The fourth-order valence-corrected chi connectivity index (χ4v) is 4.83. The Balaban J connectivity index is 1.52. The summed E-state index contributed by atoms with van der Waals surface area (Å²) < 4.78 is 6.13. The van der Waals surface area contributed by atoms with Crippen molar-refractivity contribution in [2.24, 2.45) is 0 Å². The van der Waals surface area contributed by atoms with Crippen LogP contribution < -0.4 is 0 Å². The van der Waals surface area contributed by atoms with Crippen molar-refractivity contribution >= 4 is 11.7 Å². The lowest BCUT2D eigenvalue weighted by Gasteiger charge is -2.45. The van der Waals surface area contributed by atoms with Crippen molar-refractivity contribution < 1.29 is 14.6 Å². The van der Waals surface area contributed by atoms with Gasteiger partial charge in [0.05, 0.1) is 11.6 Å². The Morgan fingerprint density at radius 2 is 1.79 bits per heavy atom. The van der Waals surface area contributed by atoms with Gasteiger partial charge in [0.2, 0.25) is 0 Å². The topological polar surface area (TPSA) is 53.0 Å². The van der Waals surface area contributed by atoms with Gasteiger partial charge in [-0.3, -0.25) is 0 Å². The summed E-state index contributed by atoms with van der Waals surface area (Å²) in [5.41, 5.74) is 3.34. The van der Waals surface area contributed by atoms with E-state index in [1.807, 2.05) is 55.3 Å². The van der Waals surface area contributed by atoms with E-state index in [0.29, 0.717) is 19.4 Å². The molecule has 1 fully saturated rings. The highest BCUT2D eigenvalue weighted by Gasteiger charge is 2.46. The third kappa shape index (κ3) is 4.95. The Kier molecular flexibility index (Phi) is 6.41. The Morgan fingerprint density at radius 1 is 1.12 bits per heavy atom. The lowest BCUT2D eigenvalue weighted by molar-refractivity contribution is -0.101. The van der Waals surface area contributed by atoms with Gasteiger partial charge in [-0.15, -0.1) is 0 Å². The number of amides is 1. The normalized spacial score (nSPS) is 21.9. The van der Waals surface area contributed by atoms with E-state index in [4.69, 9.17) is 4.74 Å². The minimum atomic E-state index is -0.970. The van der Waals surface area contributed by atoms with Crippen molar-refractivity contribution in [2.45, 2.75) is 50.9 Å². The molecule has 0 bridgehead atoms. The van der Waals surface area contributed by atoms with Crippen LogP contribution in [-0.4, -0.2) is 40.2 Å². The summed E-state index contributed by atoms with van der Waals surface area (Å²) in [6, 6.07) is 17.9. The molecule has 0 saturated carbocycles. The van der Waals surface area contributed by atoms with Gasteiger partial charge < -0.3 is 19.6 Å². The van der Waals surface area contributed by atoms with E-state index < -0.39 is 11.2 Å². The quantitative estimate of drug-likeness (QED) is 0.577. The number of carbonyl (C=O) groups is 1. The summed E-state index contributed by atoms with van der Waals surface area (Å²) in [5, 5.41) is 10.6. The minimum Gasteiger partial charge on any atom is -0.438 e. The van der Waals surface area contributed by atoms with Crippen LogP contribution in [0.1, 0.15) is 56.3 Å². The third-order valence-electron chi connectivity index (χ3n) is 6.73. The second kappa shape index (κ2) is 9.15. The molecule has 0 aromatic heterocycles. The smallest absolute Gasteiger partial charge is 0.411 e. The molecular formula is C29H34N2O3. The Labute approximate surface area is 202 Å². The number of carbonyl (C=O) groups excluding carboxylic acids is 1. The number of hydrogen-bond acceptors (Lipinski definition) is 4. The molecule has 1 N–H and O–H groups in total. The van der Waals surface area contributed by atoms with Crippen molar-refractivity contribution in [1.29, 1.82) is 0 Å². The highest BCUT2D eigenvalue weighted by atomic mass is 16.6. The molecule has 5 nitrogen and oxygen atoms in total. The van der Waals surface area contributed by atoms with Crippen molar-refractivity contribution in [1.82, 2.24) is 9.80 Å². The first-order valence-corrected chi connectivity index (χ1v) is 11.8. The average Bonchev–Trinajstić information content (AvgIpc) is 2.80. The first kappa shape index (κ1) is 23.8. The molecular weight excluding hydrogens is 424 g/mol. The van der Waals surface area contributed by atoms with Gasteiger partial charge in [-0.1, -0.05) is 67.3 Å². The molecule has 2 aliphatic heterocycles. The van der Waals surface area contributed by atoms with Crippen LogP contribution in [0.2, 0.25) is 0 Å². The van der Waals surface area contributed by atoms with Gasteiger partial charge in [-0.25, -0.2) is 4.79 Å². The van der Waals surface area contributed by atoms with Crippen LogP contribution in [0.4, 0.5) is 4.79 Å². The fraction of sp³-hybridized carbons (Fsp3) is 0.345. The van der Waals surface area contributed by atoms with Crippen LogP contribution in [0.5, 0.6) is 0 Å². The first-order valence-electron chi connectivity index (χ1n) is 11.8. The van der Waals surface area contributed by atoms with Gasteiger partial charge >= 0.3 is 6.09 Å². The van der Waals surface area contributed by atoms with Crippen molar-refractivity contribution in [3.8, 4) is 0 Å². The number of allylic oxidation sites excluding steroid dienone is 3. The Morgan fingerprint density at radius 3 is 2.38 bits per heavy atom. The number of cyclic esters (lactones) is 1. The van der Waals surface area contributed by atoms with Crippen LogP contribution in [0.3, 0.4) is 0 Å². The van der Waals surface area contributed by atoms with E-state index >= 15 is 0 Å². The molecule has 0 unspecified atom stereocenters. The highest BCUT2D eigenvalue weighted by Crippen LogP contribution is 2.42. The van der Waals surface area contributed by atoms with E-state index in [0.717, 1.165) is 28.0 Å². The fourth-order valence-electron chi connectivity index (χ4n) is 4.83. The maximum atomic E-state index is 13.3. The summed E-state index contributed by atoms with van der Waals surface area (Å²) in [7, 11) is 1.98. The van der Waals surface area contributed by atoms with Gasteiger partial charge in [0.15, 0.2) is 0 Å². The van der Waals surface area contributed by atoms with Crippen molar-refractivity contribution in [2.75, 3.05) is 13.6 Å². The number of likely N-dealkylation sites (N-methyl/N-ethyl adjacent to an activating group) is 1. The number of aliphatic hydroxyl groups is 1. The molecule has 4 rings (SSSR count). The van der Waals surface area contributed by atoms with Crippen LogP contribution in [0, 0.1) is 0 Å². The number of ether oxygens (including phenoxy) is 1. The molecule has 1 saturated heterocycles. The zero-order valence-electron chi connectivity index (χ0n) is 20.5. The lowest BCUT2D eigenvalue weighted by atomic mass is 9.80. The van der Waals surface area contributed by atoms with Gasteiger partial charge in [0, 0.05) is 38.3 Å². The molecule has 5 heteroatoms. The third-order valence-corrected chi connectivity index (χ3v) is 6.73. The van der Waals surface area contributed by atoms with E-state index in [9.17, 15) is 9.90 Å². The van der Waals surface area contributed by atoms with Crippen molar-refractivity contribution in [3.63, 3.8) is 0 Å². The zero-order chi connectivity index (χ0) is 24.5. The Bertz CT molecular complexity index is 1110. The minimum absolute atomic E-state index is 0.129. The predicted molar refractivity (Wildman–Crippen MR) is 136 cm³/mol. The number of benzene rings is 2. The van der Waals surface area contributed by atoms with Crippen LogP contribution in [-0.2, 0) is 10.3 Å². The molecule has 2 aromatic rings. The highest BCUT2D eigenvalue weighted by molar-refractivity contribution is 5.76. The summed E-state index contributed by atoms with van der Waals surface area (Å²) >= 11 is 0. The summed E-state index contributed by atoms with van der Waals surface area (Å²) in [6.45, 7) is 10.1. The SMILES string of the molecule is C=C1C=CC(c2ccc([C@H](C)N3CC[C@](CC(C)(C)O)(c4ccccc4)OC3=O)cc2)=CN1C. The summed E-state index contributed by atoms with van der Waals surface area (Å²) in [6.07, 6.45) is 6.74. The molecule has 2 heterocycles. The van der Waals surface area contributed by atoms with Gasteiger partial charge in [0.25, 0.3) is 0 Å². The van der Waals surface area contributed by atoms with E-state index in [2.05, 4.69) is 43.1 Å². The second-order valence-electron chi connectivity index (χ2n) is 9.98. The zero-order valence-corrected chi connectivity index (χ0v) is 20.5. The second-order valence-corrected chi connectivity index (χ2v) is 9.98. The van der Waals surface area contributed by atoms with Gasteiger partial charge in [0.1, 0.15) is 5.60 Å². The molecule has 0 aliphatic carbocycles. The van der Waals surface area contributed by atoms with Gasteiger partial charge in [-0.2, -0.15) is 0 Å². The van der Waals surface area contributed by atoms with E-state index in [1.165, 1.54) is 0 Å². The molecule has 0 spiro atoms. The summed E-state index contributed by atoms with van der Waals surface area (Å²) in [5.74, 6) is 0. The average molecular weight is 459 g/mol. The van der Waals surface area contributed by atoms with E-state index in [1.54, 1.807) is 18.7 Å². The van der Waals surface area contributed by atoms with Crippen molar-refractivity contribution in [3.05, 3.63) is 102 Å². The maximum Gasteiger partial charge on any atom is 0.411 e. The molecule has 2 aromatic carbocycles. The summed E-state index contributed by atoms with van der Waals surface area (Å²) in [4.78, 5) is 17.0. The first-order chi connectivity index (χ1) is 16.1. The number of rotatable bonds is 6. The molecule has 178 valence electrons. The molecule has 34 heavy (non-hydrogen) atoms. The predicted octanol–water partition coefficient (Wildman–Crippen LogP) is 6.00. The molecule has 1 amide bonds. The van der Waals surface area contributed by atoms with E-state index in [-0.39, 0.29) is 12.1 Å². The molecule has 0 radical (unpaired) electrons. The molecule has 2 aliphatic rings. The standard InChI is InChI=1S/C29H34N2O3/c1-21-11-12-25(19-30(21)5)24-15-13-23(14-16-24)22(2)31-18-17-29(34-27(31)32,20-28(3,4)33)26-9-7-6-8-10-26/h6-16,19,22,33H,1,17-18,20H2,2-5H3/t22-,29-/m0/s1. The maximum absolute atomic E-state index is 13.3. The largest absolute Gasteiger partial charge is 0.438 e. The molecule has 2 atom stereocenters. The number of nitrogens with zero attached hydrogens (tertiary/aromatic N) is 2.